The van der Waals surface area contributed by atoms with Gasteiger partial charge in [0.1, 0.15) is 0 Å². The van der Waals surface area contributed by atoms with Crippen LogP contribution < -0.4 is 0 Å². The van der Waals surface area contributed by atoms with E-state index < -0.39 is 0 Å². The van der Waals surface area contributed by atoms with Crippen LogP contribution in [0.1, 0.15) is 38.5 Å². The summed E-state index contributed by atoms with van der Waals surface area (Å²) in [5.41, 5.74) is 1.08. The largest absolute Gasteiger partial charge is 0.411 e. The van der Waals surface area contributed by atoms with Crippen molar-refractivity contribution in [2.75, 3.05) is 0 Å². The molecule has 0 unspecified atom stereocenters. The highest BCUT2D eigenvalue weighted by molar-refractivity contribution is 5.87. The van der Waals surface area contributed by atoms with Gasteiger partial charge in [0.2, 0.25) is 0 Å². The lowest BCUT2D eigenvalue weighted by atomic mass is 9.80. The molecule has 0 radical (unpaired) electrons. The number of hydrogen-bond donors (Lipinski definition) is 1. The molecule has 2 rings (SSSR count). The van der Waals surface area contributed by atoms with Crippen LogP contribution in [0, 0.1) is 11.8 Å². The summed E-state index contributed by atoms with van der Waals surface area (Å²) in [7, 11) is 0. The van der Waals surface area contributed by atoms with Crippen molar-refractivity contribution < 1.29 is 5.21 Å². The van der Waals surface area contributed by atoms with Crippen LogP contribution in [0.2, 0.25) is 0 Å². The molecular weight excluding hydrogens is 138 g/mol. The Hall–Kier alpha value is -0.530. The summed E-state index contributed by atoms with van der Waals surface area (Å²) < 4.78 is 0. The van der Waals surface area contributed by atoms with Gasteiger partial charge in [0, 0.05) is 5.92 Å². The number of hydrogen-bond acceptors (Lipinski definition) is 2. The van der Waals surface area contributed by atoms with Crippen molar-refractivity contribution in [3.05, 3.63) is 0 Å². The van der Waals surface area contributed by atoms with Gasteiger partial charge in [-0.05, 0) is 38.0 Å². The molecule has 2 atom stereocenters. The van der Waals surface area contributed by atoms with E-state index in [0.717, 1.165) is 18.1 Å². The van der Waals surface area contributed by atoms with Crippen LogP contribution in [0.25, 0.3) is 0 Å². The Labute approximate surface area is 67.3 Å². The van der Waals surface area contributed by atoms with Gasteiger partial charge in [0.05, 0.1) is 5.71 Å². The molecule has 0 aliphatic heterocycles. The first-order valence-electron chi connectivity index (χ1n) is 4.62. The quantitative estimate of drug-likeness (QED) is 0.420. The van der Waals surface area contributed by atoms with E-state index in [1.165, 1.54) is 32.1 Å². The van der Waals surface area contributed by atoms with Crippen LogP contribution in [0.3, 0.4) is 0 Å². The third kappa shape index (κ3) is 1.15. The van der Waals surface area contributed by atoms with E-state index in [2.05, 4.69) is 5.16 Å². The minimum atomic E-state index is 0.647. The predicted molar refractivity (Wildman–Crippen MR) is 43.9 cm³/mol. The lowest BCUT2D eigenvalue weighted by Gasteiger charge is -2.25. The van der Waals surface area contributed by atoms with Gasteiger partial charge < -0.3 is 5.21 Å². The fraction of sp³-hybridized carbons (Fsp3) is 0.889. The Bertz CT molecular complexity index is 176. The van der Waals surface area contributed by atoms with Gasteiger partial charge in [-0.25, -0.2) is 0 Å². The van der Waals surface area contributed by atoms with Gasteiger partial charge >= 0.3 is 0 Å². The highest BCUT2D eigenvalue weighted by Gasteiger charge is 2.33. The predicted octanol–water partition coefficient (Wildman–Crippen LogP) is 2.42. The van der Waals surface area contributed by atoms with E-state index in [-0.39, 0.29) is 0 Å². The minimum absolute atomic E-state index is 0.647. The van der Waals surface area contributed by atoms with E-state index in [1.54, 1.807) is 0 Å². The van der Waals surface area contributed by atoms with Crippen molar-refractivity contribution in [1.82, 2.24) is 0 Å². The highest BCUT2D eigenvalue weighted by atomic mass is 16.4. The Kier molecular flexibility index (Phi) is 1.84. The van der Waals surface area contributed by atoms with Crippen LogP contribution in [-0.2, 0) is 0 Å². The van der Waals surface area contributed by atoms with Gasteiger partial charge in [0.25, 0.3) is 0 Å². The van der Waals surface area contributed by atoms with Gasteiger partial charge in [0.15, 0.2) is 0 Å². The number of oxime groups is 1. The molecule has 2 aliphatic carbocycles. The lowest BCUT2D eigenvalue weighted by molar-refractivity contribution is 0.300. The summed E-state index contributed by atoms with van der Waals surface area (Å²) in [6.45, 7) is 0. The third-order valence-corrected chi connectivity index (χ3v) is 3.22. The molecular formula is C9H15NO. The first-order valence-corrected chi connectivity index (χ1v) is 4.62. The van der Waals surface area contributed by atoms with Crippen molar-refractivity contribution in [2.24, 2.45) is 17.0 Å². The normalized spacial score (nSPS) is 40.9. The van der Waals surface area contributed by atoms with Crippen molar-refractivity contribution in [3.63, 3.8) is 0 Å². The lowest BCUT2D eigenvalue weighted by Crippen LogP contribution is -2.23. The van der Waals surface area contributed by atoms with Gasteiger partial charge in [-0.15, -0.1) is 0 Å². The zero-order valence-electron chi connectivity index (χ0n) is 6.79. The van der Waals surface area contributed by atoms with Crippen LogP contribution in [0.15, 0.2) is 5.16 Å². The third-order valence-electron chi connectivity index (χ3n) is 3.22. The Balaban J connectivity index is 2.12. The summed E-state index contributed by atoms with van der Waals surface area (Å²) in [4.78, 5) is 0. The van der Waals surface area contributed by atoms with Gasteiger partial charge in [-0.3, -0.25) is 0 Å². The summed E-state index contributed by atoms with van der Waals surface area (Å²) in [5, 5.41) is 12.1. The fourth-order valence-corrected chi connectivity index (χ4v) is 2.68. The molecule has 0 saturated heterocycles. The molecule has 2 heteroatoms. The summed E-state index contributed by atoms with van der Waals surface area (Å²) in [5.74, 6) is 1.50. The van der Waals surface area contributed by atoms with Crippen molar-refractivity contribution in [3.8, 4) is 0 Å². The molecule has 1 N–H and O–H groups in total. The van der Waals surface area contributed by atoms with E-state index in [9.17, 15) is 0 Å². The summed E-state index contributed by atoms with van der Waals surface area (Å²) >= 11 is 0. The standard InChI is InChI=1S/C9H15NO/c11-10-9-6-2-4-7-3-1-5-8(7)9/h7-8,11H,1-6H2/b10-9+/t7-,8+/m0/s1. The topological polar surface area (TPSA) is 32.6 Å². The molecule has 0 heterocycles. The van der Waals surface area contributed by atoms with Gasteiger partial charge in [-0.1, -0.05) is 11.6 Å². The van der Waals surface area contributed by atoms with Crippen molar-refractivity contribution in [2.45, 2.75) is 38.5 Å². The molecule has 2 saturated carbocycles. The van der Waals surface area contributed by atoms with E-state index in [4.69, 9.17) is 5.21 Å². The maximum Gasteiger partial charge on any atom is 0.0604 e. The molecule has 11 heavy (non-hydrogen) atoms. The smallest absolute Gasteiger partial charge is 0.0604 e. The highest BCUT2D eigenvalue weighted by Crippen LogP contribution is 2.40. The molecule has 0 aromatic carbocycles. The van der Waals surface area contributed by atoms with Gasteiger partial charge in [-0.2, -0.15) is 0 Å². The van der Waals surface area contributed by atoms with Crippen LogP contribution in [0.5, 0.6) is 0 Å². The van der Waals surface area contributed by atoms with E-state index >= 15 is 0 Å². The second-order valence-electron chi connectivity index (χ2n) is 3.78. The number of nitrogens with zero attached hydrogens (tertiary/aromatic N) is 1. The van der Waals surface area contributed by atoms with Crippen LogP contribution >= 0.6 is 0 Å². The average molecular weight is 153 g/mol. The van der Waals surface area contributed by atoms with E-state index in [0.29, 0.717) is 5.92 Å². The SMILES string of the molecule is O/N=C1\CCC[C@@H]2CCC[C@@H]12. The monoisotopic (exact) mass is 153 g/mol. The first-order chi connectivity index (χ1) is 5.42. The molecule has 0 spiro atoms. The molecule has 0 amide bonds. The van der Waals surface area contributed by atoms with Crippen LogP contribution in [-0.4, -0.2) is 10.9 Å². The summed E-state index contributed by atoms with van der Waals surface area (Å²) in [6, 6.07) is 0. The Morgan fingerprint density at radius 3 is 2.82 bits per heavy atom. The Morgan fingerprint density at radius 2 is 2.00 bits per heavy atom. The second-order valence-corrected chi connectivity index (χ2v) is 3.78. The van der Waals surface area contributed by atoms with Crippen molar-refractivity contribution >= 4 is 5.71 Å². The molecule has 0 aromatic heterocycles. The molecule has 0 aromatic rings. The zero-order valence-corrected chi connectivity index (χ0v) is 6.79. The minimum Gasteiger partial charge on any atom is -0.411 e. The van der Waals surface area contributed by atoms with Crippen LogP contribution in [0.4, 0.5) is 0 Å². The Morgan fingerprint density at radius 1 is 1.18 bits per heavy atom. The molecule has 62 valence electrons. The number of rotatable bonds is 0. The summed E-state index contributed by atoms with van der Waals surface area (Å²) in [6.07, 6.45) is 7.62. The second kappa shape index (κ2) is 2.84. The molecule has 2 nitrogen and oxygen atoms in total. The average Bonchev–Trinajstić information content (AvgIpc) is 2.50. The van der Waals surface area contributed by atoms with Crippen molar-refractivity contribution in [1.29, 1.82) is 0 Å². The zero-order chi connectivity index (χ0) is 7.68. The maximum atomic E-state index is 8.73. The first kappa shape index (κ1) is 7.14. The fourth-order valence-electron chi connectivity index (χ4n) is 2.68. The van der Waals surface area contributed by atoms with E-state index in [1.807, 2.05) is 0 Å². The molecule has 2 fully saturated rings. The maximum absolute atomic E-state index is 8.73. The molecule has 2 aliphatic rings. The molecule has 0 bridgehead atoms. The number of fused-ring (bicyclic) bond motifs is 1.